The fourth-order valence-corrected chi connectivity index (χ4v) is 5.99. The molecule has 0 spiro atoms. The maximum absolute atomic E-state index is 12.3. The lowest BCUT2D eigenvalue weighted by Crippen LogP contribution is -2.42. The fourth-order valence-electron chi connectivity index (χ4n) is 4.93. The highest BCUT2D eigenvalue weighted by Gasteiger charge is 2.42. The van der Waals surface area contributed by atoms with E-state index in [0.717, 1.165) is 18.4 Å². The second-order valence-corrected chi connectivity index (χ2v) is 9.41. The van der Waals surface area contributed by atoms with Crippen LogP contribution in [0.3, 0.4) is 0 Å². The third-order valence-electron chi connectivity index (χ3n) is 6.51. The lowest BCUT2D eigenvalue weighted by Gasteiger charge is -2.33. The Morgan fingerprint density at radius 3 is 2.53 bits per heavy atom. The number of primary amides is 1. The Morgan fingerprint density at radius 1 is 1.28 bits per heavy atom. The highest BCUT2D eigenvalue weighted by molar-refractivity contribution is 8.00. The van der Waals surface area contributed by atoms with Gasteiger partial charge in [-0.1, -0.05) is 49.0 Å². The van der Waals surface area contributed by atoms with Crippen LogP contribution in [0, 0.1) is 22.7 Å². The molecule has 3 N–H and O–H groups in total. The highest BCUT2D eigenvalue weighted by atomic mass is 32.2. The lowest BCUT2D eigenvalue weighted by atomic mass is 9.93. The molecule has 0 radical (unpaired) electrons. The number of hydrogen-bond donors (Lipinski definition) is 2. The molecule has 4 rings (SSSR count). The summed E-state index contributed by atoms with van der Waals surface area (Å²) in [5, 5.41) is 23.3. The van der Waals surface area contributed by atoms with E-state index in [1.54, 1.807) is 0 Å². The van der Waals surface area contributed by atoms with Crippen molar-refractivity contribution in [3.63, 3.8) is 0 Å². The number of nitrogens with two attached hydrogens (primary N) is 1. The van der Waals surface area contributed by atoms with Gasteiger partial charge < -0.3 is 16.0 Å². The van der Waals surface area contributed by atoms with Gasteiger partial charge >= 0.3 is 0 Å². The summed E-state index contributed by atoms with van der Waals surface area (Å²) in [6.45, 7) is 1.93. The average Bonchev–Trinajstić information content (AvgIpc) is 3.45. The minimum atomic E-state index is -0.684. The first-order valence-corrected chi connectivity index (χ1v) is 11.7. The molecule has 3 unspecified atom stereocenters. The van der Waals surface area contributed by atoms with E-state index in [2.05, 4.69) is 22.4 Å². The number of pyridine rings is 1. The smallest absolute Gasteiger partial charge is 0.235 e. The standard InChI is InChI=1S/C24H26N6OS/c1-3-16-17(12-25)23(30(2)20-11-15-9-10-19(20)28-15)29-24(18(16)13-26)32-21(22(27)31)14-7-5-4-6-8-14/h4-8,15,19-21,28H,3,9-11H2,1-2H3,(H2,27,31)/t15?,19?,20-,21?/m0/s1. The maximum atomic E-state index is 12.3. The number of anilines is 1. The molecule has 8 heteroatoms. The molecule has 164 valence electrons. The number of carbonyl (C=O) groups excluding carboxylic acids is 1. The number of rotatable bonds is 7. The fraction of sp³-hybridized carbons (Fsp3) is 0.417. The van der Waals surface area contributed by atoms with Gasteiger partial charge in [0.25, 0.3) is 0 Å². The largest absolute Gasteiger partial charge is 0.368 e. The summed E-state index contributed by atoms with van der Waals surface area (Å²) in [4.78, 5) is 19.2. The zero-order chi connectivity index (χ0) is 22.8. The van der Waals surface area contributed by atoms with Crippen LogP contribution in [0.2, 0.25) is 0 Å². The Balaban J connectivity index is 1.80. The summed E-state index contributed by atoms with van der Waals surface area (Å²) in [6.07, 6.45) is 3.81. The van der Waals surface area contributed by atoms with Crippen molar-refractivity contribution in [3.05, 3.63) is 52.6 Å². The number of fused-ring (bicyclic) bond motifs is 2. The SMILES string of the molecule is CCc1c(C#N)c(SC(C(N)=O)c2ccccc2)nc(N(C)[C@H]2CC3CCC2N3)c1C#N. The van der Waals surface area contributed by atoms with Gasteiger partial charge in [-0.2, -0.15) is 10.5 Å². The number of nitriles is 2. The van der Waals surface area contributed by atoms with E-state index in [-0.39, 0.29) is 6.04 Å². The molecular weight excluding hydrogens is 420 g/mol. The maximum Gasteiger partial charge on any atom is 0.235 e. The zero-order valence-electron chi connectivity index (χ0n) is 18.2. The van der Waals surface area contributed by atoms with Gasteiger partial charge in [0.05, 0.1) is 11.1 Å². The number of likely N-dealkylation sites (N-methyl/N-ethyl adjacent to an activating group) is 1. The second-order valence-electron chi connectivity index (χ2n) is 8.32. The molecule has 2 fully saturated rings. The molecule has 2 aliphatic rings. The highest BCUT2D eigenvalue weighted by Crippen LogP contribution is 2.41. The van der Waals surface area contributed by atoms with Gasteiger partial charge in [-0.3, -0.25) is 4.79 Å². The van der Waals surface area contributed by atoms with Crippen LogP contribution < -0.4 is 16.0 Å². The van der Waals surface area contributed by atoms with Gasteiger partial charge in [-0.25, -0.2) is 4.98 Å². The lowest BCUT2D eigenvalue weighted by molar-refractivity contribution is -0.117. The first kappa shape index (κ1) is 22.1. The predicted octanol–water partition coefficient (Wildman–Crippen LogP) is 3.04. The van der Waals surface area contributed by atoms with E-state index in [1.807, 2.05) is 44.3 Å². The summed E-state index contributed by atoms with van der Waals surface area (Å²) in [5.41, 5.74) is 7.94. The molecule has 7 nitrogen and oxygen atoms in total. The quantitative estimate of drug-likeness (QED) is 0.627. The third kappa shape index (κ3) is 3.92. The Labute approximate surface area is 192 Å². The van der Waals surface area contributed by atoms with Gasteiger partial charge in [0.2, 0.25) is 5.91 Å². The summed E-state index contributed by atoms with van der Waals surface area (Å²) < 4.78 is 0. The Bertz CT molecular complexity index is 1110. The zero-order valence-corrected chi connectivity index (χ0v) is 19.0. The molecule has 2 aliphatic heterocycles. The van der Waals surface area contributed by atoms with E-state index in [9.17, 15) is 15.3 Å². The van der Waals surface area contributed by atoms with Crippen LogP contribution >= 0.6 is 11.8 Å². The third-order valence-corrected chi connectivity index (χ3v) is 7.77. The number of thioether (sulfide) groups is 1. The van der Waals surface area contributed by atoms with E-state index >= 15 is 0 Å². The Kier molecular flexibility index (Phi) is 6.36. The van der Waals surface area contributed by atoms with E-state index in [1.165, 1.54) is 18.2 Å². The molecule has 2 aromatic rings. The summed E-state index contributed by atoms with van der Waals surface area (Å²) in [7, 11) is 1.97. The summed E-state index contributed by atoms with van der Waals surface area (Å²) in [5.74, 6) is 0.0722. The molecule has 1 aromatic carbocycles. The Morgan fingerprint density at radius 2 is 2.00 bits per heavy atom. The van der Waals surface area contributed by atoms with Crippen molar-refractivity contribution in [2.24, 2.45) is 5.73 Å². The minimum Gasteiger partial charge on any atom is -0.368 e. The van der Waals surface area contributed by atoms with Crippen LogP contribution in [-0.4, -0.2) is 36.1 Å². The number of carbonyl (C=O) groups is 1. The molecule has 0 aliphatic carbocycles. The average molecular weight is 447 g/mol. The van der Waals surface area contributed by atoms with Crippen molar-refractivity contribution in [1.82, 2.24) is 10.3 Å². The van der Waals surface area contributed by atoms with Crippen molar-refractivity contribution >= 4 is 23.5 Å². The number of amides is 1. The summed E-state index contributed by atoms with van der Waals surface area (Å²) in [6, 6.07) is 14.9. The monoisotopic (exact) mass is 446 g/mol. The van der Waals surface area contributed by atoms with Gasteiger partial charge in [0.1, 0.15) is 28.2 Å². The molecular formula is C24H26N6OS. The van der Waals surface area contributed by atoms with Gasteiger partial charge in [0.15, 0.2) is 0 Å². The molecule has 2 bridgehead atoms. The number of hydrogen-bond acceptors (Lipinski definition) is 7. The first-order chi connectivity index (χ1) is 15.5. The molecule has 32 heavy (non-hydrogen) atoms. The molecule has 1 aromatic heterocycles. The molecule has 0 saturated carbocycles. The van der Waals surface area contributed by atoms with Crippen molar-refractivity contribution < 1.29 is 4.79 Å². The van der Waals surface area contributed by atoms with Crippen LogP contribution in [0.1, 0.15) is 53.7 Å². The molecule has 4 atom stereocenters. The van der Waals surface area contributed by atoms with E-state index in [0.29, 0.717) is 46.0 Å². The molecule has 1 amide bonds. The van der Waals surface area contributed by atoms with E-state index < -0.39 is 11.2 Å². The van der Waals surface area contributed by atoms with Crippen molar-refractivity contribution in [2.45, 2.75) is 61.0 Å². The Hall–Kier alpha value is -3.07. The van der Waals surface area contributed by atoms with Crippen LogP contribution in [0.25, 0.3) is 0 Å². The van der Waals surface area contributed by atoms with Crippen molar-refractivity contribution in [3.8, 4) is 12.1 Å². The van der Waals surface area contributed by atoms with Crippen molar-refractivity contribution in [1.29, 1.82) is 10.5 Å². The van der Waals surface area contributed by atoms with E-state index in [4.69, 9.17) is 10.7 Å². The van der Waals surface area contributed by atoms with Crippen LogP contribution in [0.5, 0.6) is 0 Å². The van der Waals surface area contributed by atoms with Gasteiger partial charge in [-0.05, 0) is 36.8 Å². The number of nitrogens with one attached hydrogen (secondary N) is 1. The first-order valence-electron chi connectivity index (χ1n) is 10.8. The number of benzene rings is 1. The van der Waals surface area contributed by atoms with Crippen molar-refractivity contribution in [2.75, 3.05) is 11.9 Å². The molecule has 3 heterocycles. The topological polar surface area (TPSA) is 119 Å². The second kappa shape index (κ2) is 9.20. The van der Waals surface area contributed by atoms with Gasteiger partial charge in [-0.15, -0.1) is 0 Å². The van der Waals surface area contributed by atoms with Crippen LogP contribution in [-0.2, 0) is 11.2 Å². The summed E-state index contributed by atoms with van der Waals surface area (Å²) >= 11 is 1.18. The van der Waals surface area contributed by atoms with Crippen LogP contribution in [0.4, 0.5) is 5.82 Å². The normalized spacial score (nSPS) is 22.2. The predicted molar refractivity (Wildman–Crippen MR) is 124 cm³/mol. The van der Waals surface area contributed by atoms with Gasteiger partial charge in [0, 0.05) is 25.2 Å². The van der Waals surface area contributed by atoms with Crippen LogP contribution in [0.15, 0.2) is 35.4 Å². The molecule has 2 saturated heterocycles. The minimum absolute atomic E-state index is 0.241. The number of aromatic nitrogens is 1. The number of nitrogens with zero attached hydrogens (tertiary/aromatic N) is 4.